The van der Waals surface area contributed by atoms with Gasteiger partial charge in [-0.05, 0) is 19.3 Å². The predicted octanol–water partition coefficient (Wildman–Crippen LogP) is 1.66. The summed E-state index contributed by atoms with van der Waals surface area (Å²) in [5, 5.41) is 3.12. The predicted molar refractivity (Wildman–Crippen MR) is 62.4 cm³/mol. The highest BCUT2D eigenvalue weighted by Gasteiger charge is 2.46. The second-order valence-electron chi connectivity index (χ2n) is 5.24. The maximum absolute atomic E-state index is 11.9. The molecule has 0 aromatic heterocycles. The van der Waals surface area contributed by atoms with Gasteiger partial charge in [0.1, 0.15) is 0 Å². The Balaban J connectivity index is 2.46. The quantitative estimate of drug-likeness (QED) is 0.744. The zero-order valence-corrected chi connectivity index (χ0v) is 10.3. The van der Waals surface area contributed by atoms with Crippen LogP contribution in [0.1, 0.15) is 47.0 Å². The molecule has 3 nitrogen and oxygen atoms in total. The summed E-state index contributed by atoms with van der Waals surface area (Å²) in [6, 6.07) is 0.491. The minimum atomic E-state index is 0.0572. The Kier molecular flexibility index (Phi) is 3.77. The van der Waals surface area contributed by atoms with Gasteiger partial charge >= 0.3 is 0 Å². The standard InChI is InChI=1S/C12H24N2O/c1-5-8(6-2)11(15)14-10-7-9(13)12(10,3)4/h8-10H,5-7,13H2,1-4H3,(H,14,15). The van der Waals surface area contributed by atoms with E-state index in [1.54, 1.807) is 0 Å². The molecule has 3 N–H and O–H groups in total. The smallest absolute Gasteiger partial charge is 0.223 e. The lowest BCUT2D eigenvalue weighted by atomic mass is 9.63. The van der Waals surface area contributed by atoms with Crippen LogP contribution in [0.3, 0.4) is 0 Å². The highest BCUT2D eigenvalue weighted by molar-refractivity contribution is 5.79. The van der Waals surface area contributed by atoms with Gasteiger partial charge in [0.15, 0.2) is 0 Å². The molecule has 1 saturated carbocycles. The monoisotopic (exact) mass is 212 g/mol. The average molecular weight is 212 g/mol. The van der Waals surface area contributed by atoms with Gasteiger partial charge in [-0.1, -0.05) is 27.7 Å². The number of nitrogens with two attached hydrogens (primary N) is 1. The van der Waals surface area contributed by atoms with Crippen LogP contribution in [0, 0.1) is 11.3 Å². The highest BCUT2D eigenvalue weighted by Crippen LogP contribution is 2.39. The molecule has 0 aliphatic heterocycles. The molecule has 0 heterocycles. The second kappa shape index (κ2) is 4.52. The Morgan fingerprint density at radius 3 is 2.33 bits per heavy atom. The summed E-state index contributed by atoms with van der Waals surface area (Å²) in [5.41, 5.74) is 5.97. The fourth-order valence-corrected chi connectivity index (χ4v) is 2.15. The third kappa shape index (κ3) is 2.33. The molecule has 15 heavy (non-hydrogen) atoms. The normalized spacial score (nSPS) is 28.7. The van der Waals surface area contributed by atoms with Crippen LogP contribution in [0.15, 0.2) is 0 Å². The molecule has 88 valence electrons. The summed E-state index contributed by atoms with van der Waals surface area (Å²) >= 11 is 0. The van der Waals surface area contributed by atoms with Gasteiger partial charge in [-0.25, -0.2) is 0 Å². The molecule has 0 bridgehead atoms. The Morgan fingerprint density at radius 2 is 2.00 bits per heavy atom. The van der Waals surface area contributed by atoms with Crippen LogP contribution in [-0.2, 0) is 4.79 Å². The minimum absolute atomic E-state index is 0.0572. The Morgan fingerprint density at radius 1 is 1.47 bits per heavy atom. The van der Waals surface area contributed by atoms with E-state index < -0.39 is 0 Å². The Bertz CT molecular complexity index is 234. The van der Waals surface area contributed by atoms with Crippen LogP contribution in [0.5, 0.6) is 0 Å². The van der Waals surface area contributed by atoms with E-state index in [9.17, 15) is 4.79 Å². The van der Waals surface area contributed by atoms with Crippen LogP contribution >= 0.6 is 0 Å². The highest BCUT2D eigenvalue weighted by atomic mass is 16.1. The van der Waals surface area contributed by atoms with Crippen molar-refractivity contribution in [2.75, 3.05) is 0 Å². The third-order valence-corrected chi connectivity index (χ3v) is 4.02. The summed E-state index contributed by atoms with van der Waals surface area (Å²) in [5.74, 6) is 0.364. The van der Waals surface area contributed by atoms with E-state index in [1.807, 2.05) is 0 Å². The van der Waals surface area contributed by atoms with E-state index in [0.717, 1.165) is 19.3 Å². The molecule has 0 saturated heterocycles. The number of carbonyl (C=O) groups is 1. The van der Waals surface area contributed by atoms with Gasteiger partial charge in [0, 0.05) is 23.4 Å². The SMILES string of the molecule is CCC(CC)C(=O)NC1CC(N)C1(C)C. The van der Waals surface area contributed by atoms with Crippen molar-refractivity contribution in [3.05, 3.63) is 0 Å². The topological polar surface area (TPSA) is 55.1 Å². The fraction of sp³-hybridized carbons (Fsp3) is 0.917. The molecule has 0 radical (unpaired) electrons. The molecule has 1 amide bonds. The molecule has 0 aromatic carbocycles. The average Bonchev–Trinajstić information content (AvgIpc) is 2.19. The van der Waals surface area contributed by atoms with Crippen LogP contribution in [0.2, 0.25) is 0 Å². The van der Waals surface area contributed by atoms with E-state index in [4.69, 9.17) is 5.73 Å². The van der Waals surface area contributed by atoms with Crippen LogP contribution in [-0.4, -0.2) is 18.0 Å². The molecule has 2 atom stereocenters. The van der Waals surface area contributed by atoms with Crippen molar-refractivity contribution in [1.29, 1.82) is 0 Å². The lowest BCUT2D eigenvalue weighted by molar-refractivity contribution is -0.128. The molecule has 3 heteroatoms. The molecule has 2 unspecified atom stereocenters. The first-order chi connectivity index (χ1) is 6.93. The molecule has 0 aromatic rings. The van der Waals surface area contributed by atoms with Crippen LogP contribution in [0.25, 0.3) is 0 Å². The molecule has 1 aliphatic carbocycles. The lowest BCUT2D eigenvalue weighted by Gasteiger charge is -2.50. The third-order valence-electron chi connectivity index (χ3n) is 4.02. The van der Waals surface area contributed by atoms with Gasteiger partial charge in [0.05, 0.1) is 0 Å². The Hall–Kier alpha value is -0.570. The number of rotatable bonds is 4. The Labute approximate surface area is 92.8 Å². The van der Waals surface area contributed by atoms with E-state index in [0.29, 0.717) is 0 Å². The van der Waals surface area contributed by atoms with Crippen molar-refractivity contribution < 1.29 is 4.79 Å². The summed E-state index contributed by atoms with van der Waals surface area (Å²) < 4.78 is 0. The summed E-state index contributed by atoms with van der Waals surface area (Å²) in [4.78, 5) is 11.9. The first-order valence-electron chi connectivity index (χ1n) is 5.99. The first kappa shape index (κ1) is 12.5. The summed E-state index contributed by atoms with van der Waals surface area (Å²) in [6.07, 6.45) is 2.75. The largest absolute Gasteiger partial charge is 0.352 e. The van der Waals surface area contributed by atoms with Crippen molar-refractivity contribution >= 4 is 5.91 Å². The zero-order valence-electron chi connectivity index (χ0n) is 10.3. The summed E-state index contributed by atoms with van der Waals surface area (Å²) in [7, 11) is 0. The van der Waals surface area contributed by atoms with Crippen molar-refractivity contribution in [2.45, 2.75) is 59.0 Å². The molecule has 1 rings (SSSR count). The van der Waals surface area contributed by atoms with Crippen molar-refractivity contribution in [3.63, 3.8) is 0 Å². The van der Waals surface area contributed by atoms with Gasteiger partial charge in [0.25, 0.3) is 0 Å². The molecule has 1 aliphatic rings. The maximum Gasteiger partial charge on any atom is 0.223 e. The molecule has 1 fully saturated rings. The first-order valence-corrected chi connectivity index (χ1v) is 5.99. The zero-order chi connectivity index (χ0) is 11.6. The second-order valence-corrected chi connectivity index (χ2v) is 5.24. The fourth-order valence-electron chi connectivity index (χ4n) is 2.15. The van der Waals surface area contributed by atoms with Gasteiger partial charge in [-0.2, -0.15) is 0 Å². The number of amides is 1. The van der Waals surface area contributed by atoms with Crippen LogP contribution in [0.4, 0.5) is 0 Å². The number of hydrogen-bond donors (Lipinski definition) is 2. The maximum atomic E-state index is 11.9. The van der Waals surface area contributed by atoms with Gasteiger partial charge < -0.3 is 11.1 Å². The number of hydrogen-bond acceptors (Lipinski definition) is 2. The van der Waals surface area contributed by atoms with E-state index >= 15 is 0 Å². The van der Waals surface area contributed by atoms with Crippen molar-refractivity contribution in [1.82, 2.24) is 5.32 Å². The minimum Gasteiger partial charge on any atom is -0.352 e. The van der Waals surface area contributed by atoms with Crippen LogP contribution < -0.4 is 11.1 Å². The summed E-state index contributed by atoms with van der Waals surface area (Å²) in [6.45, 7) is 8.37. The van der Waals surface area contributed by atoms with E-state index in [1.165, 1.54) is 0 Å². The number of nitrogens with one attached hydrogen (secondary N) is 1. The van der Waals surface area contributed by atoms with Crippen molar-refractivity contribution in [3.8, 4) is 0 Å². The number of carbonyl (C=O) groups excluding carboxylic acids is 1. The van der Waals surface area contributed by atoms with Crippen molar-refractivity contribution in [2.24, 2.45) is 17.1 Å². The molecular formula is C12H24N2O. The molecular weight excluding hydrogens is 188 g/mol. The van der Waals surface area contributed by atoms with E-state index in [2.05, 4.69) is 33.0 Å². The van der Waals surface area contributed by atoms with Gasteiger partial charge in [0.2, 0.25) is 5.91 Å². The molecule has 0 spiro atoms. The van der Waals surface area contributed by atoms with E-state index in [-0.39, 0.29) is 29.3 Å². The lowest BCUT2D eigenvalue weighted by Crippen LogP contribution is -2.65. The van der Waals surface area contributed by atoms with Gasteiger partial charge in [-0.3, -0.25) is 4.79 Å². The van der Waals surface area contributed by atoms with Gasteiger partial charge in [-0.15, -0.1) is 0 Å².